The molecule has 1 atom stereocenters. The van der Waals surface area contributed by atoms with Gasteiger partial charge in [-0.1, -0.05) is 30.3 Å². The Hall–Kier alpha value is -0.850. The molecule has 0 bridgehead atoms. The highest BCUT2D eigenvalue weighted by Crippen LogP contribution is 2.20. The zero-order valence-corrected chi connectivity index (χ0v) is 17.1. The Morgan fingerprint density at radius 1 is 1.23 bits per heavy atom. The molecule has 3 rings (SSSR count). The van der Waals surface area contributed by atoms with Crippen molar-refractivity contribution in [1.29, 1.82) is 0 Å². The highest BCUT2D eigenvalue weighted by Gasteiger charge is 2.27. The van der Waals surface area contributed by atoms with Crippen molar-refractivity contribution in [2.75, 3.05) is 46.4 Å². The van der Waals surface area contributed by atoms with Gasteiger partial charge >= 0.3 is 0 Å². The van der Waals surface area contributed by atoms with Gasteiger partial charge in [-0.25, -0.2) is 0 Å². The molecule has 2 aliphatic rings. The van der Waals surface area contributed by atoms with Crippen molar-refractivity contribution < 1.29 is 9.53 Å². The predicted molar refractivity (Wildman–Crippen MR) is 109 cm³/mol. The lowest BCUT2D eigenvalue weighted by molar-refractivity contribution is -0.144. The van der Waals surface area contributed by atoms with Crippen LogP contribution in [0.5, 0.6) is 0 Å². The molecule has 0 radical (unpaired) electrons. The van der Waals surface area contributed by atoms with Crippen LogP contribution in [0.15, 0.2) is 30.3 Å². The number of carbonyl (C=O) groups excluding carboxylic acids is 1. The number of nitrogens with zero attached hydrogens (tertiary/aromatic N) is 2. The molecular formula is C19H31Cl2N3O2. The van der Waals surface area contributed by atoms with Crippen LogP contribution in [0.2, 0.25) is 0 Å². The number of piperidine rings is 1. The minimum absolute atomic E-state index is 0. The molecule has 1 unspecified atom stereocenters. The number of rotatable bonds is 5. The number of likely N-dealkylation sites (N-methyl/N-ethyl adjacent to an activating group) is 1. The van der Waals surface area contributed by atoms with Crippen molar-refractivity contribution in [1.82, 2.24) is 15.1 Å². The van der Waals surface area contributed by atoms with Crippen LogP contribution >= 0.6 is 24.8 Å². The number of likely N-dealkylation sites (tertiary alicyclic amines) is 1. The molecule has 2 aliphatic heterocycles. The fourth-order valence-corrected chi connectivity index (χ4v) is 3.62. The van der Waals surface area contributed by atoms with Crippen molar-refractivity contribution in [2.45, 2.75) is 25.5 Å². The van der Waals surface area contributed by atoms with Gasteiger partial charge in [0.2, 0.25) is 0 Å². The van der Waals surface area contributed by atoms with Gasteiger partial charge in [0.15, 0.2) is 0 Å². The Kier molecular flexibility index (Phi) is 10.5. The topological polar surface area (TPSA) is 44.8 Å². The second-order valence-electron chi connectivity index (χ2n) is 6.99. The van der Waals surface area contributed by atoms with Gasteiger partial charge in [0.05, 0.1) is 6.61 Å². The van der Waals surface area contributed by atoms with Crippen molar-refractivity contribution in [3.63, 3.8) is 0 Å². The first-order chi connectivity index (χ1) is 11.7. The van der Waals surface area contributed by atoms with E-state index >= 15 is 0 Å². The van der Waals surface area contributed by atoms with Gasteiger partial charge in [0, 0.05) is 33.2 Å². The molecule has 0 aliphatic carbocycles. The zero-order valence-electron chi connectivity index (χ0n) is 15.4. The van der Waals surface area contributed by atoms with Crippen LogP contribution in [0, 0.1) is 5.92 Å². The first-order valence-corrected chi connectivity index (χ1v) is 9.06. The van der Waals surface area contributed by atoms with Crippen LogP contribution in [0.25, 0.3) is 0 Å². The summed E-state index contributed by atoms with van der Waals surface area (Å²) in [6.07, 6.45) is 2.02. The summed E-state index contributed by atoms with van der Waals surface area (Å²) in [6, 6.07) is 10.7. The minimum Gasteiger partial charge on any atom is -0.366 e. The maximum atomic E-state index is 12.4. The third-order valence-electron chi connectivity index (χ3n) is 5.07. The van der Waals surface area contributed by atoms with Crippen molar-refractivity contribution in [3.8, 4) is 0 Å². The van der Waals surface area contributed by atoms with Gasteiger partial charge in [0.1, 0.15) is 6.10 Å². The molecule has 0 aromatic heterocycles. The third-order valence-corrected chi connectivity index (χ3v) is 5.07. The molecule has 5 nitrogen and oxygen atoms in total. The van der Waals surface area contributed by atoms with Gasteiger partial charge < -0.3 is 15.0 Å². The minimum atomic E-state index is -0.304. The summed E-state index contributed by atoms with van der Waals surface area (Å²) < 4.78 is 5.57. The van der Waals surface area contributed by atoms with Crippen LogP contribution in [0.1, 0.15) is 18.4 Å². The molecule has 2 fully saturated rings. The van der Waals surface area contributed by atoms with Gasteiger partial charge in [-0.2, -0.15) is 0 Å². The SMILES string of the molecule is CN(CC1CCN(Cc2ccccc2)CC1)C(=O)C1CNCCO1.Cl.Cl. The van der Waals surface area contributed by atoms with Crippen LogP contribution in [-0.2, 0) is 16.1 Å². The van der Waals surface area contributed by atoms with Crippen molar-refractivity contribution >= 4 is 30.7 Å². The fraction of sp³-hybridized carbons (Fsp3) is 0.632. The first-order valence-electron chi connectivity index (χ1n) is 9.06. The molecule has 26 heavy (non-hydrogen) atoms. The molecule has 148 valence electrons. The molecular weight excluding hydrogens is 373 g/mol. The monoisotopic (exact) mass is 403 g/mol. The summed E-state index contributed by atoms with van der Waals surface area (Å²) in [5.74, 6) is 0.719. The van der Waals surface area contributed by atoms with E-state index < -0.39 is 0 Å². The summed E-state index contributed by atoms with van der Waals surface area (Å²) in [4.78, 5) is 16.8. The second kappa shape index (κ2) is 11.8. The maximum absolute atomic E-state index is 12.4. The lowest BCUT2D eigenvalue weighted by atomic mass is 9.95. The highest BCUT2D eigenvalue weighted by atomic mass is 35.5. The van der Waals surface area contributed by atoms with E-state index in [2.05, 4.69) is 40.5 Å². The van der Waals surface area contributed by atoms with Gasteiger partial charge in [-0.3, -0.25) is 9.69 Å². The lowest BCUT2D eigenvalue weighted by Gasteiger charge is -2.35. The predicted octanol–water partition coefficient (Wildman–Crippen LogP) is 2.19. The molecule has 1 aromatic carbocycles. The maximum Gasteiger partial charge on any atom is 0.252 e. The summed E-state index contributed by atoms with van der Waals surface area (Å²) in [5.41, 5.74) is 1.38. The largest absolute Gasteiger partial charge is 0.366 e. The van der Waals surface area contributed by atoms with Gasteiger partial charge in [-0.15, -0.1) is 24.8 Å². The number of benzene rings is 1. The number of morpholine rings is 1. The van der Waals surface area contributed by atoms with Gasteiger partial charge in [0.25, 0.3) is 5.91 Å². The van der Waals surface area contributed by atoms with Crippen molar-refractivity contribution in [2.24, 2.45) is 5.92 Å². The van der Waals surface area contributed by atoms with Crippen LogP contribution in [-0.4, -0.2) is 68.2 Å². The quantitative estimate of drug-likeness (QED) is 0.817. The smallest absolute Gasteiger partial charge is 0.252 e. The molecule has 1 aromatic rings. The summed E-state index contributed by atoms with van der Waals surface area (Å²) in [7, 11) is 1.91. The van der Waals surface area contributed by atoms with E-state index in [0.717, 1.165) is 45.6 Å². The first kappa shape index (κ1) is 23.2. The van der Waals surface area contributed by atoms with E-state index in [-0.39, 0.29) is 36.8 Å². The fourth-order valence-electron chi connectivity index (χ4n) is 3.62. The number of hydrogen-bond donors (Lipinski definition) is 1. The summed E-state index contributed by atoms with van der Waals surface area (Å²) in [5, 5.41) is 3.22. The lowest BCUT2D eigenvalue weighted by Crippen LogP contribution is -2.49. The second-order valence-corrected chi connectivity index (χ2v) is 6.99. The average molecular weight is 404 g/mol. The summed E-state index contributed by atoms with van der Waals surface area (Å²) in [6.45, 7) is 6.21. The standard InChI is InChI=1S/C19H29N3O2.2ClH/c1-21(19(23)18-13-20-9-12-24-18)14-17-7-10-22(11-8-17)15-16-5-3-2-4-6-16;;/h2-6,17-18,20H,7-15H2,1H3;2*1H. The zero-order chi connectivity index (χ0) is 16.8. The molecule has 0 spiro atoms. The van der Waals surface area contributed by atoms with E-state index in [1.165, 1.54) is 5.56 Å². The van der Waals surface area contributed by atoms with Crippen molar-refractivity contribution in [3.05, 3.63) is 35.9 Å². The summed E-state index contributed by atoms with van der Waals surface area (Å²) >= 11 is 0. The van der Waals surface area contributed by atoms with Crippen LogP contribution < -0.4 is 5.32 Å². The van der Waals surface area contributed by atoms with E-state index in [0.29, 0.717) is 19.1 Å². The van der Waals surface area contributed by atoms with E-state index in [1.807, 2.05) is 11.9 Å². The normalized spacial score (nSPS) is 21.3. The number of amides is 1. The number of halogens is 2. The van der Waals surface area contributed by atoms with Crippen LogP contribution in [0.4, 0.5) is 0 Å². The number of nitrogens with one attached hydrogen (secondary N) is 1. The number of hydrogen-bond acceptors (Lipinski definition) is 4. The van der Waals surface area contributed by atoms with E-state index in [1.54, 1.807) is 0 Å². The molecule has 2 heterocycles. The Morgan fingerprint density at radius 2 is 1.92 bits per heavy atom. The van der Waals surface area contributed by atoms with E-state index in [9.17, 15) is 4.79 Å². The molecule has 1 N–H and O–H groups in total. The Labute approximate surface area is 169 Å². The third kappa shape index (κ3) is 6.71. The Morgan fingerprint density at radius 3 is 2.54 bits per heavy atom. The van der Waals surface area contributed by atoms with E-state index in [4.69, 9.17) is 4.74 Å². The Bertz CT molecular complexity index is 519. The molecule has 7 heteroatoms. The van der Waals surface area contributed by atoms with Crippen LogP contribution in [0.3, 0.4) is 0 Å². The Balaban J connectivity index is 0.00000169. The average Bonchev–Trinajstić information content (AvgIpc) is 2.64. The number of ether oxygens (including phenoxy) is 1. The molecule has 0 saturated carbocycles. The highest BCUT2D eigenvalue weighted by molar-refractivity contribution is 5.85. The molecule has 1 amide bonds. The number of carbonyl (C=O) groups is 1. The molecule has 2 saturated heterocycles. The van der Waals surface area contributed by atoms with Gasteiger partial charge in [-0.05, 0) is 37.4 Å².